The average Bonchev–Trinajstić information content (AvgIpc) is 2.03. The van der Waals surface area contributed by atoms with Crippen LogP contribution in [0.4, 0.5) is 0 Å². The fourth-order valence-corrected chi connectivity index (χ4v) is 1.42. The number of aliphatic hydroxyl groups excluding tert-OH is 2. The standard InChI is InChI=1S/C8H15NO4/c1-5(11)9-6-2-7(12)8(3-10)13-4-6/h6-8,10,12H,2-4H2,1H3,(H,9,11)/t6?,7-,8?/m1/s1. The van der Waals surface area contributed by atoms with Gasteiger partial charge in [0.2, 0.25) is 5.91 Å². The molecule has 1 aliphatic heterocycles. The highest BCUT2D eigenvalue weighted by atomic mass is 16.5. The highest BCUT2D eigenvalue weighted by Gasteiger charge is 2.29. The van der Waals surface area contributed by atoms with Crippen LogP contribution in [0.2, 0.25) is 0 Å². The van der Waals surface area contributed by atoms with Gasteiger partial charge in [-0.15, -0.1) is 0 Å². The van der Waals surface area contributed by atoms with Crippen molar-refractivity contribution in [2.24, 2.45) is 0 Å². The van der Waals surface area contributed by atoms with Crippen molar-refractivity contribution in [3.63, 3.8) is 0 Å². The Morgan fingerprint density at radius 3 is 2.85 bits per heavy atom. The van der Waals surface area contributed by atoms with E-state index in [9.17, 15) is 9.90 Å². The summed E-state index contributed by atoms with van der Waals surface area (Å²) in [5.41, 5.74) is 0. The molecule has 3 atom stereocenters. The molecule has 0 aromatic rings. The van der Waals surface area contributed by atoms with Crippen molar-refractivity contribution >= 4 is 5.91 Å². The fourth-order valence-electron chi connectivity index (χ4n) is 1.42. The SMILES string of the molecule is CC(=O)NC1COC(CO)[C@H](O)C1. The van der Waals surface area contributed by atoms with E-state index in [1.165, 1.54) is 6.92 Å². The molecule has 2 unspecified atom stereocenters. The summed E-state index contributed by atoms with van der Waals surface area (Å²) in [5.74, 6) is -0.136. The van der Waals surface area contributed by atoms with E-state index in [1.54, 1.807) is 0 Å². The van der Waals surface area contributed by atoms with E-state index >= 15 is 0 Å². The lowest BCUT2D eigenvalue weighted by molar-refractivity contribution is -0.127. The van der Waals surface area contributed by atoms with Crippen molar-refractivity contribution in [3.05, 3.63) is 0 Å². The van der Waals surface area contributed by atoms with Crippen LogP contribution in [0.15, 0.2) is 0 Å². The first-order chi connectivity index (χ1) is 6.13. The van der Waals surface area contributed by atoms with Gasteiger partial charge in [0.05, 0.1) is 25.4 Å². The molecule has 1 fully saturated rings. The number of amides is 1. The van der Waals surface area contributed by atoms with Crippen molar-refractivity contribution in [1.29, 1.82) is 0 Å². The molecule has 0 radical (unpaired) electrons. The topological polar surface area (TPSA) is 78.8 Å². The first kappa shape index (κ1) is 10.4. The van der Waals surface area contributed by atoms with Crippen LogP contribution in [-0.2, 0) is 9.53 Å². The molecule has 0 saturated carbocycles. The number of hydrogen-bond donors (Lipinski definition) is 3. The number of nitrogens with one attached hydrogen (secondary N) is 1. The Morgan fingerprint density at radius 1 is 1.69 bits per heavy atom. The fraction of sp³-hybridized carbons (Fsp3) is 0.875. The van der Waals surface area contributed by atoms with Crippen LogP contribution < -0.4 is 5.32 Å². The van der Waals surface area contributed by atoms with Gasteiger partial charge in [-0.3, -0.25) is 4.79 Å². The first-order valence-electron chi connectivity index (χ1n) is 4.31. The van der Waals surface area contributed by atoms with Crippen LogP contribution in [0.1, 0.15) is 13.3 Å². The van der Waals surface area contributed by atoms with Crippen LogP contribution in [0, 0.1) is 0 Å². The highest BCUT2D eigenvalue weighted by molar-refractivity contribution is 5.73. The molecule has 0 aliphatic carbocycles. The van der Waals surface area contributed by atoms with Gasteiger partial charge in [0.15, 0.2) is 0 Å². The Morgan fingerprint density at radius 2 is 2.38 bits per heavy atom. The van der Waals surface area contributed by atoms with Gasteiger partial charge < -0.3 is 20.3 Å². The van der Waals surface area contributed by atoms with Gasteiger partial charge in [0.1, 0.15) is 6.10 Å². The maximum absolute atomic E-state index is 10.7. The zero-order valence-corrected chi connectivity index (χ0v) is 7.56. The van der Waals surface area contributed by atoms with Gasteiger partial charge in [0, 0.05) is 6.92 Å². The quantitative estimate of drug-likeness (QED) is 0.501. The van der Waals surface area contributed by atoms with Crippen LogP contribution in [0.25, 0.3) is 0 Å². The van der Waals surface area contributed by atoms with Gasteiger partial charge >= 0.3 is 0 Å². The molecule has 5 nitrogen and oxygen atoms in total. The first-order valence-corrected chi connectivity index (χ1v) is 4.31. The Kier molecular flexibility index (Phi) is 3.65. The third kappa shape index (κ3) is 2.95. The Hall–Kier alpha value is -0.650. The predicted octanol–water partition coefficient (Wildman–Crippen LogP) is -1.37. The molecule has 1 amide bonds. The summed E-state index contributed by atoms with van der Waals surface area (Å²) in [5, 5.41) is 20.8. The summed E-state index contributed by atoms with van der Waals surface area (Å²) in [6.07, 6.45) is -0.772. The third-order valence-corrected chi connectivity index (χ3v) is 2.05. The van der Waals surface area contributed by atoms with E-state index in [-0.39, 0.29) is 18.6 Å². The summed E-state index contributed by atoms with van der Waals surface area (Å²) >= 11 is 0. The van der Waals surface area contributed by atoms with E-state index in [0.717, 1.165) is 0 Å². The third-order valence-electron chi connectivity index (χ3n) is 2.05. The molecule has 3 N–H and O–H groups in total. The molecular weight excluding hydrogens is 174 g/mol. The molecule has 0 aromatic heterocycles. The summed E-state index contributed by atoms with van der Waals surface area (Å²) in [6.45, 7) is 1.58. The Balaban J connectivity index is 2.36. The molecule has 0 bridgehead atoms. The van der Waals surface area contributed by atoms with Crippen LogP contribution in [0.5, 0.6) is 0 Å². The van der Waals surface area contributed by atoms with E-state index in [4.69, 9.17) is 9.84 Å². The second-order valence-electron chi connectivity index (χ2n) is 3.25. The molecule has 13 heavy (non-hydrogen) atoms. The monoisotopic (exact) mass is 189 g/mol. The highest BCUT2D eigenvalue weighted by Crippen LogP contribution is 2.13. The van der Waals surface area contributed by atoms with E-state index in [2.05, 4.69) is 5.32 Å². The number of aliphatic hydroxyl groups is 2. The van der Waals surface area contributed by atoms with Crippen molar-refractivity contribution in [3.8, 4) is 0 Å². The number of hydrogen-bond acceptors (Lipinski definition) is 4. The van der Waals surface area contributed by atoms with Gasteiger partial charge in [-0.1, -0.05) is 0 Å². The van der Waals surface area contributed by atoms with Crippen LogP contribution in [-0.4, -0.2) is 47.6 Å². The molecular formula is C8H15NO4. The lowest BCUT2D eigenvalue weighted by atomic mass is 10.0. The second-order valence-corrected chi connectivity index (χ2v) is 3.25. The maximum Gasteiger partial charge on any atom is 0.217 e. The Bertz CT molecular complexity index is 185. The summed E-state index contributed by atoms with van der Waals surface area (Å²) in [6, 6.07) is -0.143. The lowest BCUT2D eigenvalue weighted by Gasteiger charge is -2.32. The van der Waals surface area contributed by atoms with Crippen molar-refractivity contribution in [1.82, 2.24) is 5.32 Å². The molecule has 1 aliphatic rings. The molecule has 1 rings (SSSR count). The molecule has 5 heteroatoms. The van der Waals surface area contributed by atoms with Crippen molar-refractivity contribution < 1.29 is 19.7 Å². The van der Waals surface area contributed by atoms with E-state index in [1.807, 2.05) is 0 Å². The zero-order valence-electron chi connectivity index (χ0n) is 7.56. The summed E-state index contributed by atoms with van der Waals surface area (Å²) in [7, 11) is 0. The lowest BCUT2D eigenvalue weighted by Crippen LogP contribution is -2.49. The molecule has 0 spiro atoms. The Labute approximate surface area is 76.7 Å². The van der Waals surface area contributed by atoms with Crippen LogP contribution in [0.3, 0.4) is 0 Å². The molecule has 76 valence electrons. The number of ether oxygens (including phenoxy) is 1. The summed E-state index contributed by atoms with van der Waals surface area (Å²) < 4.78 is 5.14. The van der Waals surface area contributed by atoms with Gasteiger partial charge in [-0.25, -0.2) is 0 Å². The second kappa shape index (κ2) is 4.55. The number of carbonyl (C=O) groups is 1. The normalized spacial score (nSPS) is 34.2. The van der Waals surface area contributed by atoms with Crippen LogP contribution >= 0.6 is 0 Å². The smallest absolute Gasteiger partial charge is 0.217 e. The minimum Gasteiger partial charge on any atom is -0.394 e. The zero-order chi connectivity index (χ0) is 9.84. The number of rotatable bonds is 2. The molecule has 0 aromatic carbocycles. The van der Waals surface area contributed by atoms with Gasteiger partial charge in [-0.05, 0) is 6.42 Å². The largest absolute Gasteiger partial charge is 0.394 e. The molecule has 1 heterocycles. The average molecular weight is 189 g/mol. The maximum atomic E-state index is 10.7. The van der Waals surface area contributed by atoms with Gasteiger partial charge in [0.25, 0.3) is 0 Å². The molecule has 1 saturated heterocycles. The van der Waals surface area contributed by atoms with E-state index in [0.29, 0.717) is 13.0 Å². The number of carbonyl (C=O) groups excluding carboxylic acids is 1. The minimum atomic E-state index is -0.699. The minimum absolute atomic E-state index is 0.136. The predicted molar refractivity (Wildman–Crippen MR) is 45.1 cm³/mol. The van der Waals surface area contributed by atoms with Crippen molar-refractivity contribution in [2.45, 2.75) is 31.6 Å². The van der Waals surface area contributed by atoms with Crippen molar-refractivity contribution in [2.75, 3.05) is 13.2 Å². The van der Waals surface area contributed by atoms with E-state index < -0.39 is 12.2 Å². The summed E-state index contributed by atoms with van der Waals surface area (Å²) in [4.78, 5) is 10.7. The van der Waals surface area contributed by atoms with Gasteiger partial charge in [-0.2, -0.15) is 0 Å².